The van der Waals surface area contributed by atoms with Gasteiger partial charge in [0.15, 0.2) is 5.75 Å². The van der Waals surface area contributed by atoms with Crippen LogP contribution in [-0.4, -0.2) is 4.98 Å². The molecular formula is C12H10BrFN2O. The molecule has 1 heterocycles. The van der Waals surface area contributed by atoms with Gasteiger partial charge in [-0.1, -0.05) is 15.9 Å². The van der Waals surface area contributed by atoms with E-state index in [9.17, 15) is 4.39 Å². The number of benzene rings is 1. The van der Waals surface area contributed by atoms with Gasteiger partial charge in [-0.15, -0.1) is 0 Å². The van der Waals surface area contributed by atoms with Crippen molar-refractivity contribution in [1.82, 2.24) is 4.98 Å². The molecule has 0 aliphatic heterocycles. The lowest BCUT2D eigenvalue weighted by molar-refractivity contribution is 0.458. The van der Waals surface area contributed by atoms with Gasteiger partial charge in [-0.05, 0) is 30.7 Å². The Kier molecular flexibility index (Phi) is 3.28. The average Bonchev–Trinajstić information content (AvgIpc) is 2.26. The molecule has 2 aromatic rings. The van der Waals surface area contributed by atoms with Crippen molar-refractivity contribution in [3.63, 3.8) is 0 Å². The summed E-state index contributed by atoms with van der Waals surface area (Å²) in [6.45, 7) is 1.87. The van der Waals surface area contributed by atoms with E-state index in [-0.39, 0.29) is 0 Å². The number of nitrogens with two attached hydrogens (primary N) is 1. The zero-order valence-corrected chi connectivity index (χ0v) is 10.7. The lowest BCUT2D eigenvalue weighted by Gasteiger charge is -2.11. The van der Waals surface area contributed by atoms with Gasteiger partial charge >= 0.3 is 0 Å². The molecule has 0 spiro atoms. The zero-order valence-electron chi connectivity index (χ0n) is 9.08. The molecule has 0 atom stereocenters. The van der Waals surface area contributed by atoms with E-state index in [4.69, 9.17) is 10.5 Å². The van der Waals surface area contributed by atoms with Crippen molar-refractivity contribution in [3.8, 4) is 11.6 Å². The van der Waals surface area contributed by atoms with Crippen molar-refractivity contribution in [1.29, 1.82) is 0 Å². The highest BCUT2D eigenvalue weighted by atomic mass is 79.9. The SMILES string of the molecule is Cc1cc(Br)cc(N)c1Oc1ccc(F)cn1. The Hall–Kier alpha value is -1.62. The Morgan fingerprint density at radius 2 is 2.12 bits per heavy atom. The molecule has 17 heavy (non-hydrogen) atoms. The van der Waals surface area contributed by atoms with Crippen molar-refractivity contribution in [2.24, 2.45) is 0 Å². The molecule has 0 aliphatic carbocycles. The number of rotatable bonds is 2. The summed E-state index contributed by atoms with van der Waals surface area (Å²) in [6, 6.07) is 6.37. The van der Waals surface area contributed by atoms with E-state index >= 15 is 0 Å². The van der Waals surface area contributed by atoms with Gasteiger partial charge in [0.1, 0.15) is 5.82 Å². The summed E-state index contributed by atoms with van der Waals surface area (Å²) < 4.78 is 19.1. The maximum atomic E-state index is 12.7. The topological polar surface area (TPSA) is 48.1 Å². The van der Waals surface area contributed by atoms with E-state index in [2.05, 4.69) is 20.9 Å². The van der Waals surface area contributed by atoms with Gasteiger partial charge in [0, 0.05) is 10.5 Å². The van der Waals surface area contributed by atoms with Gasteiger partial charge < -0.3 is 10.5 Å². The lowest BCUT2D eigenvalue weighted by atomic mass is 10.2. The van der Waals surface area contributed by atoms with Crippen molar-refractivity contribution in [3.05, 3.63) is 46.3 Å². The molecule has 1 aromatic carbocycles. The van der Waals surface area contributed by atoms with Crippen LogP contribution in [0.25, 0.3) is 0 Å². The number of aryl methyl sites for hydroxylation is 1. The molecule has 0 bridgehead atoms. The maximum absolute atomic E-state index is 12.7. The van der Waals surface area contributed by atoms with Crippen LogP contribution >= 0.6 is 15.9 Å². The Morgan fingerprint density at radius 1 is 1.35 bits per heavy atom. The summed E-state index contributed by atoms with van der Waals surface area (Å²) in [7, 11) is 0. The molecule has 5 heteroatoms. The third-order valence-electron chi connectivity index (χ3n) is 2.18. The van der Waals surface area contributed by atoms with Crippen LogP contribution in [0.2, 0.25) is 0 Å². The van der Waals surface area contributed by atoms with Crippen molar-refractivity contribution in [2.45, 2.75) is 6.92 Å². The van der Waals surface area contributed by atoms with Crippen molar-refractivity contribution in [2.75, 3.05) is 5.73 Å². The van der Waals surface area contributed by atoms with Crippen LogP contribution in [0.4, 0.5) is 10.1 Å². The zero-order chi connectivity index (χ0) is 12.4. The number of hydrogen-bond acceptors (Lipinski definition) is 3. The van der Waals surface area contributed by atoms with E-state index in [0.717, 1.165) is 16.2 Å². The highest BCUT2D eigenvalue weighted by molar-refractivity contribution is 9.10. The van der Waals surface area contributed by atoms with Gasteiger partial charge in [0.25, 0.3) is 0 Å². The summed E-state index contributed by atoms with van der Waals surface area (Å²) in [5.41, 5.74) is 7.22. The van der Waals surface area contributed by atoms with Crippen LogP contribution in [0.5, 0.6) is 11.6 Å². The Bertz CT molecular complexity index is 520. The minimum atomic E-state index is -0.405. The second kappa shape index (κ2) is 4.71. The molecule has 2 N–H and O–H groups in total. The molecule has 0 saturated heterocycles. The van der Waals surface area contributed by atoms with Gasteiger partial charge in [-0.3, -0.25) is 0 Å². The molecule has 2 rings (SSSR count). The maximum Gasteiger partial charge on any atom is 0.219 e. The number of pyridine rings is 1. The summed E-state index contributed by atoms with van der Waals surface area (Å²) in [5.74, 6) is 0.439. The predicted octanol–water partition coefficient (Wildman–Crippen LogP) is 3.67. The second-order valence-electron chi connectivity index (χ2n) is 3.56. The number of anilines is 1. The standard InChI is InChI=1S/C12H10BrFN2O/c1-7-4-8(13)5-10(15)12(7)17-11-3-2-9(14)6-16-11/h2-6H,15H2,1H3. The first kappa shape index (κ1) is 11.9. The minimum Gasteiger partial charge on any atom is -0.437 e. The fourth-order valence-corrected chi connectivity index (χ4v) is 2.01. The van der Waals surface area contributed by atoms with E-state index in [0.29, 0.717) is 17.3 Å². The predicted molar refractivity (Wildman–Crippen MR) is 67.6 cm³/mol. The van der Waals surface area contributed by atoms with Gasteiger partial charge in [-0.2, -0.15) is 0 Å². The number of ether oxygens (including phenoxy) is 1. The third kappa shape index (κ3) is 2.74. The molecule has 3 nitrogen and oxygen atoms in total. The molecule has 0 saturated carbocycles. The summed E-state index contributed by atoms with van der Waals surface area (Å²) >= 11 is 3.34. The molecule has 0 aliphatic rings. The Labute approximate surface area is 107 Å². The largest absolute Gasteiger partial charge is 0.437 e. The lowest BCUT2D eigenvalue weighted by Crippen LogP contribution is -1.96. The van der Waals surface area contributed by atoms with Crippen LogP contribution in [0.15, 0.2) is 34.9 Å². The number of nitrogen functional groups attached to an aromatic ring is 1. The number of aromatic nitrogens is 1. The van der Waals surface area contributed by atoms with Crippen LogP contribution in [0.3, 0.4) is 0 Å². The molecule has 88 valence electrons. The molecule has 1 aromatic heterocycles. The third-order valence-corrected chi connectivity index (χ3v) is 2.63. The summed E-state index contributed by atoms with van der Waals surface area (Å²) in [5, 5.41) is 0. The monoisotopic (exact) mass is 296 g/mol. The van der Waals surface area contributed by atoms with Crippen LogP contribution in [0.1, 0.15) is 5.56 Å². The highest BCUT2D eigenvalue weighted by Crippen LogP contribution is 2.32. The van der Waals surface area contributed by atoms with E-state index in [1.54, 1.807) is 6.07 Å². The fraction of sp³-hybridized carbons (Fsp3) is 0.0833. The Balaban J connectivity index is 2.33. The minimum absolute atomic E-state index is 0.309. The first-order valence-corrected chi connectivity index (χ1v) is 5.70. The number of halogens is 2. The number of hydrogen-bond donors (Lipinski definition) is 1. The van der Waals surface area contributed by atoms with Gasteiger partial charge in [0.05, 0.1) is 11.9 Å². The van der Waals surface area contributed by atoms with Gasteiger partial charge in [0.2, 0.25) is 5.88 Å². The van der Waals surface area contributed by atoms with E-state index in [1.807, 2.05) is 13.0 Å². The molecule has 0 fully saturated rings. The van der Waals surface area contributed by atoms with E-state index < -0.39 is 5.82 Å². The normalized spacial score (nSPS) is 10.3. The summed E-state index contributed by atoms with van der Waals surface area (Å²) in [4.78, 5) is 3.81. The van der Waals surface area contributed by atoms with Crippen LogP contribution in [0, 0.1) is 12.7 Å². The average molecular weight is 297 g/mol. The van der Waals surface area contributed by atoms with E-state index in [1.165, 1.54) is 12.1 Å². The first-order chi connectivity index (χ1) is 8.06. The smallest absolute Gasteiger partial charge is 0.219 e. The first-order valence-electron chi connectivity index (χ1n) is 4.91. The van der Waals surface area contributed by atoms with Gasteiger partial charge in [-0.25, -0.2) is 9.37 Å². The van der Waals surface area contributed by atoms with Crippen LogP contribution < -0.4 is 10.5 Å². The molecule has 0 unspecified atom stereocenters. The molecule has 0 radical (unpaired) electrons. The molecule has 0 amide bonds. The van der Waals surface area contributed by atoms with Crippen LogP contribution in [-0.2, 0) is 0 Å². The quantitative estimate of drug-likeness (QED) is 0.860. The Morgan fingerprint density at radius 3 is 2.71 bits per heavy atom. The number of nitrogens with zero attached hydrogens (tertiary/aromatic N) is 1. The van der Waals surface area contributed by atoms with Crippen molar-refractivity contribution < 1.29 is 9.13 Å². The second-order valence-corrected chi connectivity index (χ2v) is 4.47. The fourth-order valence-electron chi connectivity index (χ4n) is 1.42. The van der Waals surface area contributed by atoms with Crippen molar-refractivity contribution >= 4 is 21.6 Å². The molecular weight excluding hydrogens is 287 g/mol. The highest BCUT2D eigenvalue weighted by Gasteiger charge is 2.08. The summed E-state index contributed by atoms with van der Waals surface area (Å²) in [6.07, 6.45) is 1.10.